The molecule has 2 aliphatic heterocycles. The molecule has 2 amide bonds. The van der Waals surface area contributed by atoms with E-state index in [0.717, 1.165) is 48.3 Å². The third kappa shape index (κ3) is 5.15. The predicted molar refractivity (Wildman–Crippen MR) is 121 cm³/mol. The van der Waals surface area contributed by atoms with Crippen molar-refractivity contribution in [2.24, 2.45) is 0 Å². The number of hydrogen-bond acceptors (Lipinski definition) is 4. The summed E-state index contributed by atoms with van der Waals surface area (Å²) in [7, 11) is -3.88. The number of benzene rings is 1. The molecule has 0 bridgehead atoms. The number of urea groups is 1. The Morgan fingerprint density at radius 2 is 1.67 bits per heavy atom. The monoisotopic (exact) mass is 436 g/mol. The van der Waals surface area contributed by atoms with Gasteiger partial charge in [-0.25, -0.2) is 9.52 Å². The largest absolute Gasteiger partial charge is 0.333 e. The minimum Gasteiger partial charge on any atom is -0.307 e. The van der Waals surface area contributed by atoms with Crippen LogP contribution in [0.4, 0.5) is 10.5 Å². The molecule has 30 heavy (non-hydrogen) atoms. The van der Waals surface area contributed by atoms with Gasteiger partial charge in [-0.15, -0.1) is 0 Å². The molecule has 1 aromatic carbocycles. The van der Waals surface area contributed by atoms with E-state index in [1.807, 2.05) is 6.92 Å². The average molecular weight is 437 g/mol. The van der Waals surface area contributed by atoms with Crippen LogP contribution >= 0.6 is 0 Å². The highest BCUT2D eigenvalue weighted by Crippen LogP contribution is 2.34. The third-order valence-corrected chi connectivity index (χ3v) is 7.64. The third-order valence-electron chi connectivity index (χ3n) is 6.19. The summed E-state index contributed by atoms with van der Waals surface area (Å²) in [6.45, 7) is 12.9. The first-order valence-corrected chi connectivity index (χ1v) is 12.5. The first kappa shape index (κ1) is 23.0. The summed E-state index contributed by atoms with van der Waals surface area (Å²) in [6.07, 6.45) is 3.32. The van der Waals surface area contributed by atoms with E-state index in [2.05, 4.69) is 54.8 Å². The SMILES string of the molecule is Cc1cc(C(C)C)c(NC(=O)NS(=O)(=O)N2CCN3CCCCC3C2)c(C(C)C)c1. The van der Waals surface area contributed by atoms with Crippen molar-refractivity contribution < 1.29 is 13.2 Å². The van der Waals surface area contributed by atoms with Gasteiger partial charge in [-0.2, -0.15) is 12.7 Å². The molecule has 2 aliphatic rings. The van der Waals surface area contributed by atoms with Crippen LogP contribution in [0.15, 0.2) is 12.1 Å². The molecule has 8 heteroatoms. The van der Waals surface area contributed by atoms with Crippen LogP contribution < -0.4 is 10.0 Å². The van der Waals surface area contributed by atoms with Crippen molar-refractivity contribution in [2.45, 2.75) is 71.8 Å². The second-order valence-electron chi connectivity index (χ2n) is 9.23. The number of piperidine rings is 1. The van der Waals surface area contributed by atoms with Crippen molar-refractivity contribution in [1.82, 2.24) is 13.9 Å². The van der Waals surface area contributed by atoms with Gasteiger partial charge in [-0.3, -0.25) is 4.90 Å². The lowest BCUT2D eigenvalue weighted by Gasteiger charge is -2.43. The van der Waals surface area contributed by atoms with Crippen molar-refractivity contribution in [1.29, 1.82) is 0 Å². The number of hydrogen-bond donors (Lipinski definition) is 2. The van der Waals surface area contributed by atoms with Crippen molar-refractivity contribution in [3.05, 3.63) is 28.8 Å². The maximum Gasteiger partial charge on any atom is 0.333 e. The molecule has 0 aromatic heterocycles. The van der Waals surface area contributed by atoms with Crippen LogP contribution in [0.1, 0.15) is 75.5 Å². The average Bonchev–Trinajstić information content (AvgIpc) is 2.67. The van der Waals surface area contributed by atoms with Gasteiger partial charge in [0.15, 0.2) is 0 Å². The van der Waals surface area contributed by atoms with E-state index in [9.17, 15) is 13.2 Å². The number of anilines is 1. The number of nitrogens with zero attached hydrogens (tertiary/aromatic N) is 2. The quantitative estimate of drug-likeness (QED) is 0.736. The van der Waals surface area contributed by atoms with Crippen molar-refractivity contribution in [3.8, 4) is 0 Å². The molecule has 1 aromatic rings. The Kier molecular flexibility index (Phi) is 7.09. The number of fused-ring (bicyclic) bond motifs is 1. The van der Waals surface area contributed by atoms with Crippen LogP contribution in [0, 0.1) is 6.92 Å². The number of nitrogens with one attached hydrogen (secondary N) is 2. The van der Waals surface area contributed by atoms with Gasteiger partial charge in [0.25, 0.3) is 0 Å². The topological polar surface area (TPSA) is 81.8 Å². The Hall–Kier alpha value is -1.64. The summed E-state index contributed by atoms with van der Waals surface area (Å²) in [5.74, 6) is 0.405. The second kappa shape index (κ2) is 9.24. The molecule has 7 nitrogen and oxygen atoms in total. The zero-order valence-corrected chi connectivity index (χ0v) is 19.7. The van der Waals surface area contributed by atoms with Gasteiger partial charge >= 0.3 is 16.2 Å². The number of piperazine rings is 1. The Labute approximate surface area is 181 Å². The molecule has 1 unspecified atom stereocenters. The Bertz CT molecular complexity index is 853. The summed E-state index contributed by atoms with van der Waals surface area (Å²) >= 11 is 0. The zero-order chi connectivity index (χ0) is 22.1. The fourth-order valence-electron chi connectivity index (χ4n) is 4.56. The van der Waals surface area contributed by atoms with Crippen molar-refractivity contribution in [3.63, 3.8) is 0 Å². The molecule has 2 N–H and O–H groups in total. The Balaban J connectivity index is 1.75. The van der Waals surface area contributed by atoms with E-state index >= 15 is 0 Å². The Morgan fingerprint density at radius 3 is 2.27 bits per heavy atom. The van der Waals surface area contributed by atoms with Crippen LogP contribution in [0.25, 0.3) is 0 Å². The molecule has 2 heterocycles. The minimum atomic E-state index is -3.88. The number of amides is 2. The molecule has 0 spiro atoms. The maximum atomic E-state index is 12.9. The molecular weight excluding hydrogens is 400 g/mol. The standard InChI is InChI=1S/C22H36N4O3S/c1-15(2)19-12-17(5)13-20(16(3)4)21(19)23-22(27)24-30(28,29)26-11-10-25-9-7-6-8-18(25)14-26/h12-13,15-16,18H,6-11,14H2,1-5H3,(H2,23,24,27). The van der Waals surface area contributed by atoms with Crippen LogP contribution in [0.5, 0.6) is 0 Å². The van der Waals surface area contributed by atoms with E-state index in [0.29, 0.717) is 13.1 Å². The number of carbonyl (C=O) groups is 1. The lowest BCUT2D eigenvalue weighted by Crippen LogP contribution is -2.58. The van der Waals surface area contributed by atoms with E-state index in [1.54, 1.807) is 0 Å². The molecule has 3 rings (SSSR count). The van der Waals surface area contributed by atoms with E-state index in [1.165, 1.54) is 10.7 Å². The summed E-state index contributed by atoms with van der Waals surface area (Å²) < 4.78 is 29.4. The molecule has 0 aliphatic carbocycles. The van der Waals surface area contributed by atoms with Crippen molar-refractivity contribution in [2.75, 3.05) is 31.5 Å². The molecule has 2 fully saturated rings. The van der Waals surface area contributed by atoms with Crippen LogP contribution in [-0.2, 0) is 10.2 Å². The fourth-order valence-corrected chi connectivity index (χ4v) is 5.67. The normalized spacial score (nSPS) is 21.0. The highest BCUT2D eigenvalue weighted by molar-refractivity contribution is 7.87. The zero-order valence-electron chi connectivity index (χ0n) is 18.9. The first-order valence-electron chi connectivity index (χ1n) is 11.1. The molecular formula is C22H36N4O3S. The summed E-state index contributed by atoms with van der Waals surface area (Å²) in [5.41, 5.74) is 3.88. The molecule has 168 valence electrons. The molecule has 2 saturated heterocycles. The predicted octanol–water partition coefficient (Wildman–Crippen LogP) is 3.78. The second-order valence-corrected chi connectivity index (χ2v) is 10.9. The fraction of sp³-hybridized carbons (Fsp3) is 0.682. The number of carbonyl (C=O) groups excluding carboxylic acids is 1. The van der Waals surface area contributed by atoms with E-state index < -0.39 is 16.2 Å². The van der Waals surface area contributed by atoms with Gasteiger partial charge in [0, 0.05) is 31.4 Å². The van der Waals surface area contributed by atoms with Gasteiger partial charge in [0.1, 0.15) is 0 Å². The van der Waals surface area contributed by atoms with E-state index in [4.69, 9.17) is 0 Å². The van der Waals surface area contributed by atoms with E-state index in [-0.39, 0.29) is 17.9 Å². The minimum absolute atomic E-state index is 0.202. The highest BCUT2D eigenvalue weighted by atomic mass is 32.2. The van der Waals surface area contributed by atoms with Gasteiger partial charge in [0.05, 0.1) is 0 Å². The number of aryl methyl sites for hydroxylation is 1. The molecule has 1 atom stereocenters. The van der Waals surface area contributed by atoms with Gasteiger partial charge in [0.2, 0.25) is 0 Å². The smallest absolute Gasteiger partial charge is 0.307 e. The summed E-state index contributed by atoms with van der Waals surface area (Å²) in [5, 5.41) is 2.85. The lowest BCUT2D eigenvalue weighted by atomic mass is 9.90. The Morgan fingerprint density at radius 1 is 1.03 bits per heavy atom. The van der Waals surface area contributed by atoms with Crippen molar-refractivity contribution >= 4 is 21.9 Å². The van der Waals surface area contributed by atoms with Crippen LogP contribution in [-0.4, -0.2) is 55.9 Å². The summed E-state index contributed by atoms with van der Waals surface area (Å²) in [4.78, 5) is 15.1. The van der Waals surface area contributed by atoms with Gasteiger partial charge in [-0.1, -0.05) is 51.8 Å². The first-order chi connectivity index (χ1) is 14.1. The maximum absolute atomic E-state index is 12.9. The molecule has 0 saturated carbocycles. The van der Waals surface area contributed by atoms with Crippen LogP contribution in [0.3, 0.4) is 0 Å². The molecule has 0 radical (unpaired) electrons. The number of rotatable bonds is 5. The lowest BCUT2D eigenvalue weighted by molar-refractivity contribution is 0.0848. The van der Waals surface area contributed by atoms with Gasteiger partial charge < -0.3 is 5.32 Å². The van der Waals surface area contributed by atoms with Crippen LogP contribution in [0.2, 0.25) is 0 Å². The highest BCUT2D eigenvalue weighted by Gasteiger charge is 2.35. The van der Waals surface area contributed by atoms with Gasteiger partial charge in [-0.05, 0) is 49.3 Å². The summed E-state index contributed by atoms with van der Waals surface area (Å²) in [6, 6.07) is 3.67.